The molecule has 0 aliphatic rings. The first-order valence-electron chi connectivity index (χ1n) is 8.29. The molecule has 3 heterocycles. The monoisotopic (exact) mass is 329 g/mol. The predicted octanol–water partition coefficient (Wildman–Crippen LogP) is 4.27. The van der Waals surface area contributed by atoms with Gasteiger partial charge in [-0.05, 0) is 43.2 Å². The number of hydrogen-bond donors (Lipinski definition) is 1. The van der Waals surface area contributed by atoms with Crippen LogP contribution in [0.2, 0.25) is 0 Å². The molecule has 0 amide bonds. The number of imidazole rings is 1. The average molecular weight is 329 g/mol. The van der Waals surface area contributed by atoms with Gasteiger partial charge in [-0.15, -0.1) is 0 Å². The molecule has 1 aromatic carbocycles. The molecule has 5 heteroatoms. The molecule has 124 valence electrons. The van der Waals surface area contributed by atoms with Crippen LogP contribution in [0.5, 0.6) is 0 Å². The standard InChI is InChI=1S/C20H19N5/c1-14-9-11-25-18(13-22-19(25)12-14)17-8-10-21-20(24-17)23-15(2)16-6-4-3-5-7-16/h3-13,15H,1-2H3,(H,21,23,24)/t15-/m0/s1. The molecule has 0 saturated heterocycles. The Labute approximate surface area is 146 Å². The van der Waals surface area contributed by atoms with Crippen molar-refractivity contribution in [3.8, 4) is 11.4 Å². The highest BCUT2D eigenvalue weighted by atomic mass is 15.1. The van der Waals surface area contributed by atoms with E-state index in [1.54, 1.807) is 6.20 Å². The van der Waals surface area contributed by atoms with Crippen molar-refractivity contribution in [2.45, 2.75) is 19.9 Å². The zero-order chi connectivity index (χ0) is 17.2. The minimum atomic E-state index is 0.126. The predicted molar refractivity (Wildman–Crippen MR) is 99.4 cm³/mol. The Morgan fingerprint density at radius 2 is 1.88 bits per heavy atom. The van der Waals surface area contributed by atoms with Crippen LogP contribution in [0.25, 0.3) is 17.0 Å². The molecule has 0 fully saturated rings. The fourth-order valence-corrected chi connectivity index (χ4v) is 2.86. The Bertz CT molecular complexity index is 1010. The molecule has 25 heavy (non-hydrogen) atoms. The highest BCUT2D eigenvalue weighted by Gasteiger charge is 2.10. The second-order valence-electron chi connectivity index (χ2n) is 6.12. The number of nitrogens with zero attached hydrogens (tertiary/aromatic N) is 4. The molecule has 4 aromatic rings. The van der Waals surface area contributed by atoms with Crippen LogP contribution in [-0.2, 0) is 0 Å². The summed E-state index contributed by atoms with van der Waals surface area (Å²) in [6.45, 7) is 4.16. The van der Waals surface area contributed by atoms with Gasteiger partial charge in [0.05, 0.1) is 23.6 Å². The minimum absolute atomic E-state index is 0.126. The summed E-state index contributed by atoms with van der Waals surface area (Å²) in [6.07, 6.45) is 5.65. The van der Waals surface area contributed by atoms with Crippen molar-refractivity contribution < 1.29 is 0 Å². The van der Waals surface area contributed by atoms with Gasteiger partial charge in [-0.2, -0.15) is 0 Å². The Kier molecular flexibility index (Phi) is 3.90. The first-order valence-corrected chi connectivity index (χ1v) is 8.29. The van der Waals surface area contributed by atoms with Gasteiger partial charge < -0.3 is 5.32 Å². The summed E-state index contributed by atoms with van der Waals surface area (Å²) in [4.78, 5) is 13.5. The second kappa shape index (κ2) is 6.36. The van der Waals surface area contributed by atoms with Crippen LogP contribution in [0.15, 0.2) is 67.1 Å². The van der Waals surface area contributed by atoms with E-state index in [0.29, 0.717) is 5.95 Å². The second-order valence-corrected chi connectivity index (χ2v) is 6.12. The molecule has 0 bridgehead atoms. The van der Waals surface area contributed by atoms with Gasteiger partial charge in [0.15, 0.2) is 0 Å². The third kappa shape index (κ3) is 3.08. The number of fused-ring (bicyclic) bond motifs is 1. The number of aryl methyl sites for hydroxylation is 1. The van der Waals surface area contributed by atoms with E-state index in [-0.39, 0.29) is 6.04 Å². The highest BCUT2D eigenvalue weighted by molar-refractivity contribution is 5.61. The third-order valence-corrected chi connectivity index (χ3v) is 4.23. The van der Waals surface area contributed by atoms with E-state index in [2.05, 4.69) is 58.4 Å². The Balaban J connectivity index is 1.65. The van der Waals surface area contributed by atoms with Crippen LogP contribution < -0.4 is 5.32 Å². The number of aromatic nitrogens is 4. The van der Waals surface area contributed by atoms with Gasteiger partial charge >= 0.3 is 0 Å². The van der Waals surface area contributed by atoms with Crippen molar-refractivity contribution in [2.24, 2.45) is 0 Å². The van der Waals surface area contributed by atoms with Gasteiger partial charge in [-0.25, -0.2) is 15.0 Å². The van der Waals surface area contributed by atoms with Crippen LogP contribution >= 0.6 is 0 Å². The molecular formula is C20H19N5. The van der Waals surface area contributed by atoms with Crippen molar-refractivity contribution in [3.63, 3.8) is 0 Å². The lowest BCUT2D eigenvalue weighted by Gasteiger charge is -2.14. The fourth-order valence-electron chi connectivity index (χ4n) is 2.86. The Morgan fingerprint density at radius 3 is 2.72 bits per heavy atom. The Hall–Kier alpha value is -3.21. The molecule has 0 saturated carbocycles. The van der Waals surface area contributed by atoms with E-state index in [1.807, 2.05) is 41.1 Å². The molecule has 1 atom stereocenters. The summed E-state index contributed by atoms with van der Waals surface area (Å²) < 4.78 is 2.04. The number of hydrogen-bond acceptors (Lipinski definition) is 4. The first-order chi connectivity index (χ1) is 12.2. The number of pyridine rings is 1. The molecule has 0 spiro atoms. The molecule has 5 nitrogen and oxygen atoms in total. The lowest BCUT2D eigenvalue weighted by atomic mass is 10.1. The molecule has 4 rings (SSSR count). The number of benzene rings is 1. The van der Waals surface area contributed by atoms with Gasteiger partial charge in [-0.3, -0.25) is 4.40 Å². The fraction of sp³-hybridized carbons (Fsp3) is 0.150. The summed E-state index contributed by atoms with van der Waals surface area (Å²) in [6, 6.07) is 16.4. The first kappa shape index (κ1) is 15.3. The number of anilines is 1. The van der Waals surface area contributed by atoms with Crippen LogP contribution in [0.3, 0.4) is 0 Å². The minimum Gasteiger partial charge on any atom is -0.348 e. The maximum atomic E-state index is 4.67. The number of rotatable bonds is 4. The largest absolute Gasteiger partial charge is 0.348 e. The van der Waals surface area contributed by atoms with Gasteiger partial charge in [0.2, 0.25) is 5.95 Å². The van der Waals surface area contributed by atoms with Gasteiger partial charge in [0.25, 0.3) is 0 Å². The third-order valence-electron chi connectivity index (χ3n) is 4.23. The normalized spacial score (nSPS) is 12.2. The zero-order valence-electron chi connectivity index (χ0n) is 14.2. The van der Waals surface area contributed by atoms with Crippen LogP contribution in [0.1, 0.15) is 24.1 Å². The summed E-state index contributed by atoms with van der Waals surface area (Å²) in [5, 5.41) is 3.37. The molecule has 1 N–H and O–H groups in total. The van der Waals surface area contributed by atoms with Crippen molar-refractivity contribution >= 4 is 11.6 Å². The van der Waals surface area contributed by atoms with Gasteiger partial charge in [0.1, 0.15) is 5.65 Å². The molecular weight excluding hydrogens is 310 g/mol. The van der Waals surface area contributed by atoms with E-state index in [9.17, 15) is 0 Å². The van der Waals surface area contributed by atoms with E-state index < -0.39 is 0 Å². The van der Waals surface area contributed by atoms with Gasteiger partial charge in [0, 0.05) is 12.4 Å². The van der Waals surface area contributed by atoms with Gasteiger partial charge in [-0.1, -0.05) is 30.3 Å². The zero-order valence-corrected chi connectivity index (χ0v) is 14.2. The molecule has 0 aliphatic heterocycles. The van der Waals surface area contributed by atoms with Crippen LogP contribution in [-0.4, -0.2) is 19.4 Å². The topological polar surface area (TPSA) is 55.1 Å². The molecule has 0 radical (unpaired) electrons. The van der Waals surface area contributed by atoms with E-state index in [4.69, 9.17) is 0 Å². The average Bonchev–Trinajstić information content (AvgIpc) is 3.05. The molecule has 0 aliphatic carbocycles. The summed E-state index contributed by atoms with van der Waals surface area (Å²) >= 11 is 0. The van der Waals surface area contributed by atoms with Crippen molar-refractivity contribution in [1.29, 1.82) is 0 Å². The lowest BCUT2D eigenvalue weighted by molar-refractivity contribution is 0.861. The van der Waals surface area contributed by atoms with E-state index in [1.165, 1.54) is 11.1 Å². The Morgan fingerprint density at radius 1 is 1.04 bits per heavy atom. The smallest absolute Gasteiger partial charge is 0.223 e. The van der Waals surface area contributed by atoms with Crippen molar-refractivity contribution in [3.05, 3.63) is 78.2 Å². The van der Waals surface area contributed by atoms with Crippen molar-refractivity contribution in [2.75, 3.05) is 5.32 Å². The summed E-state index contributed by atoms with van der Waals surface area (Å²) in [5.41, 5.74) is 5.09. The quantitative estimate of drug-likeness (QED) is 0.607. The number of nitrogens with one attached hydrogen (secondary N) is 1. The molecule has 3 aromatic heterocycles. The van der Waals surface area contributed by atoms with Crippen LogP contribution in [0, 0.1) is 6.92 Å². The summed E-state index contributed by atoms with van der Waals surface area (Å²) in [7, 11) is 0. The van der Waals surface area contributed by atoms with E-state index >= 15 is 0 Å². The van der Waals surface area contributed by atoms with Crippen LogP contribution in [0.4, 0.5) is 5.95 Å². The van der Waals surface area contributed by atoms with E-state index in [0.717, 1.165) is 17.0 Å². The maximum Gasteiger partial charge on any atom is 0.223 e. The lowest BCUT2D eigenvalue weighted by Crippen LogP contribution is -2.09. The summed E-state index contributed by atoms with van der Waals surface area (Å²) in [5.74, 6) is 0.607. The molecule has 0 unspecified atom stereocenters. The SMILES string of the molecule is Cc1ccn2c(-c3ccnc(N[C@@H](C)c4ccccc4)n3)cnc2c1. The van der Waals surface area contributed by atoms with Crippen molar-refractivity contribution in [1.82, 2.24) is 19.4 Å². The highest BCUT2D eigenvalue weighted by Crippen LogP contribution is 2.22. The maximum absolute atomic E-state index is 4.67.